The van der Waals surface area contributed by atoms with Crippen LogP contribution in [0.4, 0.5) is 5.82 Å². The van der Waals surface area contributed by atoms with Crippen LogP contribution in [-0.2, 0) is 18.4 Å². The molecule has 2 rings (SSSR count). The molecule has 1 aliphatic heterocycles. The van der Waals surface area contributed by atoms with Crippen LogP contribution in [0.25, 0.3) is 0 Å². The molecule has 24 heavy (non-hydrogen) atoms. The zero-order valence-corrected chi connectivity index (χ0v) is 13.9. The lowest BCUT2D eigenvalue weighted by Crippen LogP contribution is -2.29. The minimum Gasteiger partial charge on any atom is -0.778 e. The van der Waals surface area contributed by atoms with E-state index in [1.54, 1.807) is 0 Å². The van der Waals surface area contributed by atoms with Gasteiger partial charge in [-0.2, -0.15) is 4.98 Å². The van der Waals surface area contributed by atoms with Crippen LogP contribution in [0.2, 0.25) is 0 Å². The molecule has 136 valence electrons. The van der Waals surface area contributed by atoms with Crippen LogP contribution < -0.4 is 21.2 Å². The maximum absolute atomic E-state index is 11.7. The Hall–Kier alpha value is -1.10. The fourth-order valence-electron chi connectivity index (χ4n) is 2.13. The molecule has 4 N–H and O–H groups in total. The Morgan fingerprint density at radius 2 is 2.17 bits per heavy atom. The molecule has 0 radical (unpaired) electrons. The van der Waals surface area contributed by atoms with E-state index >= 15 is 0 Å². The summed E-state index contributed by atoms with van der Waals surface area (Å²) in [6.45, 7) is -0.671. The standard InChI is InChI=1S/C10H17N3O9P2/c11-8-1-2-13(10(15)12-8)9-3-6(14)7(22-9)4-21-24(19,20)5-23(16,17)18/h1-2,6-7,9,14H,3-5H2,(H,19,20)(H2,11,12,15)(H2,16,17,18)/p-2/t6-,7+,9+/m0/s1. The Morgan fingerprint density at radius 3 is 2.75 bits per heavy atom. The summed E-state index contributed by atoms with van der Waals surface area (Å²) in [7, 11) is -9.92. The molecule has 5 atom stereocenters. The third-order valence-corrected chi connectivity index (χ3v) is 6.51. The van der Waals surface area contributed by atoms with E-state index in [1.165, 1.54) is 12.3 Å². The van der Waals surface area contributed by atoms with E-state index in [-0.39, 0.29) is 12.2 Å². The highest BCUT2D eigenvalue weighted by molar-refractivity contribution is 7.68. The minimum atomic E-state index is -5.05. The molecule has 14 heteroatoms. The largest absolute Gasteiger partial charge is 0.778 e. The molecule has 0 bridgehead atoms. The second-order valence-corrected chi connectivity index (χ2v) is 9.05. The number of aromatic nitrogens is 2. The summed E-state index contributed by atoms with van der Waals surface area (Å²) in [5.41, 5.74) is 4.65. The molecule has 1 aromatic heterocycles. The van der Waals surface area contributed by atoms with Crippen LogP contribution in [0.5, 0.6) is 0 Å². The van der Waals surface area contributed by atoms with E-state index in [4.69, 9.17) is 15.4 Å². The van der Waals surface area contributed by atoms with Gasteiger partial charge in [-0.05, 0) is 6.07 Å². The zero-order chi connectivity index (χ0) is 18.1. The van der Waals surface area contributed by atoms with Crippen molar-refractivity contribution in [2.75, 3.05) is 18.2 Å². The Morgan fingerprint density at radius 1 is 1.50 bits per heavy atom. The van der Waals surface area contributed by atoms with Gasteiger partial charge >= 0.3 is 5.69 Å². The topological polar surface area (TPSA) is 200 Å². The van der Waals surface area contributed by atoms with Crippen molar-refractivity contribution in [1.82, 2.24) is 9.55 Å². The first-order valence-corrected chi connectivity index (χ1v) is 10.1. The third kappa shape index (κ3) is 5.20. The lowest BCUT2D eigenvalue weighted by Gasteiger charge is -2.29. The maximum atomic E-state index is 11.7. The van der Waals surface area contributed by atoms with E-state index in [1.807, 2.05) is 0 Å². The van der Waals surface area contributed by atoms with E-state index in [2.05, 4.69) is 9.51 Å². The molecule has 0 aliphatic carbocycles. The maximum Gasteiger partial charge on any atom is 0.351 e. The number of hydrogen-bond donors (Lipinski definition) is 3. The molecule has 0 amide bonds. The van der Waals surface area contributed by atoms with Crippen molar-refractivity contribution in [2.24, 2.45) is 0 Å². The van der Waals surface area contributed by atoms with Gasteiger partial charge in [-0.1, -0.05) is 0 Å². The van der Waals surface area contributed by atoms with Gasteiger partial charge in [0.1, 0.15) is 33.3 Å². The predicted molar refractivity (Wildman–Crippen MR) is 75.7 cm³/mol. The Bertz CT molecular complexity index is 747. The average Bonchev–Trinajstić information content (AvgIpc) is 2.75. The third-order valence-electron chi connectivity index (χ3n) is 3.15. The van der Waals surface area contributed by atoms with Gasteiger partial charge in [-0.25, -0.2) is 4.79 Å². The van der Waals surface area contributed by atoms with Gasteiger partial charge in [-0.15, -0.1) is 0 Å². The molecular formula is C10H15N3O9P2-2. The first-order chi connectivity index (χ1) is 11.0. The number of nitrogen functional groups attached to an aromatic ring is 1. The molecule has 0 aromatic carbocycles. The highest BCUT2D eigenvalue weighted by Gasteiger charge is 2.36. The molecule has 1 aliphatic rings. The zero-order valence-electron chi connectivity index (χ0n) is 12.1. The molecular weight excluding hydrogens is 368 g/mol. The SMILES string of the molecule is Nc1ccn([C@H]2C[C@H](O)[C@@H](COP(=O)([O-])CP(=O)([O-])O)O2)c(=O)n1. The molecule has 1 fully saturated rings. The van der Waals surface area contributed by atoms with Crippen LogP contribution in [0, 0.1) is 0 Å². The Kier molecular flexibility index (Phi) is 5.63. The highest BCUT2D eigenvalue weighted by Crippen LogP contribution is 2.50. The molecule has 1 aromatic rings. The smallest absolute Gasteiger partial charge is 0.351 e. The van der Waals surface area contributed by atoms with E-state index in [0.29, 0.717) is 0 Å². The van der Waals surface area contributed by atoms with Gasteiger partial charge in [-0.3, -0.25) is 4.57 Å². The van der Waals surface area contributed by atoms with Crippen molar-refractivity contribution in [3.63, 3.8) is 0 Å². The van der Waals surface area contributed by atoms with Gasteiger partial charge in [0.25, 0.3) is 0 Å². The molecule has 0 saturated carbocycles. The van der Waals surface area contributed by atoms with Crippen molar-refractivity contribution < 1.29 is 38.2 Å². The number of hydrogen-bond acceptors (Lipinski definition) is 10. The summed E-state index contributed by atoms with van der Waals surface area (Å²) in [5, 5.41) is 9.87. The number of anilines is 1. The van der Waals surface area contributed by atoms with Crippen molar-refractivity contribution in [1.29, 1.82) is 0 Å². The number of rotatable bonds is 6. The lowest BCUT2D eigenvalue weighted by molar-refractivity contribution is -0.207. The lowest BCUT2D eigenvalue weighted by atomic mass is 10.2. The number of aliphatic hydroxyl groups excluding tert-OH is 1. The van der Waals surface area contributed by atoms with Gasteiger partial charge < -0.3 is 43.9 Å². The Labute approximate surface area is 135 Å². The molecule has 2 heterocycles. The number of ether oxygens (including phenoxy) is 1. The summed E-state index contributed by atoms with van der Waals surface area (Å²) in [4.78, 5) is 45.8. The second-order valence-electron chi connectivity index (χ2n) is 5.16. The second kappa shape index (κ2) is 7.03. The first-order valence-electron chi connectivity index (χ1n) is 6.62. The van der Waals surface area contributed by atoms with Crippen LogP contribution in [-0.4, -0.2) is 44.3 Å². The fourth-order valence-corrected chi connectivity index (χ4v) is 4.58. The van der Waals surface area contributed by atoms with Crippen molar-refractivity contribution in [3.8, 4) is 0 Å². The average molecular weight is 383 g/mol. The Balaban J connectivity index is 2.00. The molecule has 2 unspecified atom stereocenters. The summed E-state index contributed by atoms with van der Waals surface area (Å²) in [5.74, 6) is -1.55. The summed E-state index contributed by atoms with van der Waals surface area (Å²) in [6.07, 6.45) is -1.92. The summed E-state index contributed by atoms with van der Waals surface area (Å²) < 4.78 is 32.9. The molecule has 0 spiro atoms. The summed E-state index contributed by atoms with van der Waals surface area (Å²) in [6, 6.07) is 1.35. The van der Waals surface area contributed by atoms with Crippen LogP contribution in [0.3, 0.4) is 0 Å². The van der Waals surface area contributed by atoms with Gasteiger partial charge in [0.2, 0.25) is 0 Å². The van der Waals surface area contributed by atoms with E-state index < -0.39 is 51.8 Å². The van der Waals surface area contributed by atoms with Crippen LogP contribution >= 0.6 is 15.2 Å². The summed E-state index contributed by atoms with van der Waals surface area (Å²) >= 11 is 0. The normalized spacial score (nSPS) is 29.1. The number of aliphatic hydroxyl groups is 1. The van der Waals surface area contributed by atoms with Crippen molar-refractivity contribution >= 4 is 21.0 Å². The van der Waals surface area contributed by atoms with Crippen molar-refractivity contribution in [2.45, 2.75) is 24.9 Å². The number of nitrogens with zero attached hydrogens (tertiary/aromatic N) is 2. The molecule has 12 nitrogen and oxygen atoms in total. The quantitative estimate of drug-likeness (QED) is 0.440. The number of nitrogens with two attached hydrogens (primary N) is 1. The van der Waals surface area contributed by atoms with E-state index in [9.17, 15) is 28.8 Å². The first kappa shape index (κ1) is 19.2. The van der Waals surface area contributed by atoms with Gasteiger partial charge in [0.15, 0.2) is 0 Å². The van der Waals surface area contributed by atoms with E-state index in [0.717, 1.165) is 4.57 Å². The highest BCUT2D eigenvalue weighted by atomic mass is 31.2. The van der Waals surface area contributed by atoms with Crippen molar-refractivity contribution in [3.05, 3.63) is 22.7 Å². The fraction of sp³-hybridized carbons (Fsp3) is 0.600. The van der Waals surface area contributed by atoms with Gasteiger partial charge in [0.05, 0.1) is 18.6 Å². The van der Waals surface area contributed by atoms with Crippen LogP contribution in [0.1, 0.15) is 12.6 Å². The monoisotopic (exact) mass is 383 g/mol. The molecule has 1 saturated heterocycles. The van der Waals surface area contributed by atoms with Gasteiger partial charge in [0, 0.05) is 12.6 Å². The van der Waals surface area contributed by atoms with Crippen LogP contribution in [0.15, 0.2) is 17.1 Å². The predicted octanol–water partition coefficient (Wildman–Crippen LogP) is -2.45. The minimum absolute atomic E-state index is 0.00742.